The molecule has 0 aliphatic heterocycles. The maximum absolute atomic E-state index is 12.3. The van der Waals surface area contributed by atoms with Gasteiger partial charge in [-0.2, -0.15) is 0 Å². The Bertz CT molecular complexity index is 1020. The number of para-hydroxylation sites is 2. The lowest BCUT2D eigenvalue weighted by molar-refractivity contribution is -0.116. The van der Waals surface area contributed by atoms with Gasteiger partial charge in [-0.1, -0.05) is 29.8 Å². The fourth-order valence-corrected chi connectivity index (χ4v) is 3.54. The molecule has 30 heavy (non-hydrogen) atoms. The molecular formula is C21H21ClN4O3S. The number of amides is 3. The number of anilines is 3. The van der Waals surface area contributed by atoms with E-state index in [4.69, 9.17) is 16.3 Å². The molecule has 0 radical (unpaired) electrons. The number of carbonyl (C=O) groups excluding carboxylic acids is 2. The van der Waals surface area contributed by atoms with E-state index in [1.165, 1.54) is 11.3 Å². The Hall–Kier alpha value is -3.10. The van der Waals surface area contributed by atoms with Crippen LogP contribution in [-0.2, 0) is 11.2 Å². The molecule has 7 nitrogen and oxygen atoms in total. The predicted octanol–water partition coefficient (Wildman–Crippen LogP) is 5.41. The molecule has 3 N–H and O–H groups in total. The zero-order valence-corrected chi connectivity index (χ0v) is 17.8. The molecule has 0 spiro atoms. The van der Waals surface area contributed by atoms with Gasteiger partial charge >= 0.3 is 6.03 Å². The summed E-state index contributed by atoms with van der Waals surface area (Å²) in [5, 5.41) is 11.0. The SMILES string of the molecule is CCOc1ccccc1NC(=O)CCc1csc(NC(=O)Nc2cccc(Cl)c2)n1. The van der Waals surface area contributed by atoms with Crippen molar-refractivity contribution in [2.24, 2.45) is 0 Å². The zero-order valence-electron chi connectivity index (χ0n) is 16.3. The van der Waals surface area contributed by atoms with Crippen LogP contribution < -0.4 is 20.7 Å². The summed E-state index contributed by atoms with van der Waals surface area (Å²) in [6, 6.07) is 13.7. The Morgan fingerprint density at radius 3 is 2.73 bits per heavy atom. The third kappa shape index (κ3) is 6.47. The average Bonchev–Trinajstić information content (AvgIpc) is 3.15. The lowest BCUT2D eigenvalue weighted by Gasteiger charge is -2.10. The van der Waals surface area contributed by atoms with Crippen molar-refractivity contribution < 1.29 is 14.3 Å². The summed E-state index contributed by atoms with van der Waals surface area (Å²) < 4.78 is 5.51. The number of nitrogens with one attached hydrogen (secondary N) is 3. The quantitative estimate of drug-likeness (QED) is 0.433. The first-order chi connectivity index (χ1) is 14.5. The Morgan fingerprint density at radius 1 is 1.10 bits per heavy atom. The number of hydrogen-bond acceptors (Lipinski definition) is 5. The van der Waals surface area contributed by atoms with Gasteiger partial charge in [-0.25, -0.2) is 9.78 Å². The summed E-state index contributed by atoms with van der Waals surface area (Å²) in [5.74, 6) is 0.502. The van der Waals surface area contributed by atoms with Crippen LogP contribution >= 0.6 is 22.9 Å². The first kappa shape index (κ1) is 21.6. The Labute approximate surface area is 183 Å². The van der Waals surface area contributed by atoms with Crippen LogP contribution in [0, 0.1) is 0 Å². The molecule has 0 aliphatic carbocycles. The van der Waals surface area contributed by atoms with Crippen molar-refractivity contribution in [3.05, 3.63) is 64.6 Å². The van der Waals surface area contributed by atoms with Gasteiger partial charge in [0.05, 0.1) is 18.0 Å². The maximum atomic E-state index is 12.3. The van der Waals surface area contributed by atoms with Crippen LogP contribution in [0.5, 0.6) is 5.75 Å². The van der Waals surface area contributed by atoms with Crippen molar-refractivity contribution in [1.82, 2.24) is 4.98 Å². The van der Waals surface area contributed by atoms with Crippen LogP contribution in [0.15, 0.2) is 53.9 Å². The molecule has 0 saturated heterocycles. The number of hydrogen-bond donors (Lipinski definition) is 3. The van der Waals surface area contributed by atoms with Gasteiger partial charge in [0, 0.05) is 22.5 Å². The summed E-state index contributed by atoms with van der Waals surface area (Å²) in [7, 11) is 0. The van der Waals surface area contributed by atoms with Gasteiger partial charge in [0.1, 0.15) is 5.75 Å². The molecule has 0 atom stereocenters. The first-order valence-corrected chi connectivity index (χ1v) is 10.6. The third-order valence-corrected chi connectivity index (χ3v) is 4.97. The molecule has 1 aromatic heterocycles. The summed E-state index contributed by atoms with van der Waals surface area (Å²) in [4.78, 5) is 28.7. The standard InChI is InChI=1S/C21H21ClN4O3S/c1-2-29-18-9-4-3-8-17(18)25-19(27)11-10-16-13-30-21(24-16)26-20(28)23-15-7-5-6-14(22)12-15/h3-9,12-13H,2,10-11H2,1H3,(H,25,27)(H2,23,24,26,28). The van der Waals surface area contributed by atoms with Crippen LogP contribution in [0.2, 0.25) is 5.02 Å². The number of thiazole rings is 1. The van der Waals surface area contributed by atoms with E-state index >= 15 is 0 Å². The highest BCUT2D eigenvalue weighted by atomic mass is 35.5. The smallest absolute Gasteiger partial charge is 0.325 e. The molecule has 3 aromatic rings. The van der Waals surface area contributed by atoms with E-state index in [1.54, 1.807) is 30.3 Å². The number of carbonyl (C=O) groups is 2. The van der Waals surface area contributed by atoms with E-state index in [9.17, 15) is 9.59 Å². The number of nitrogens with zero attached hydrogens (tertiary/aromatic N) is 1. The van der Waals surface area contributed by atoms with Crippen molar-refractivity contribution in [2.45, 2.75) is 19.8 Å². The highest BCUT2D eigenvalue weighted by Gasteiger charge is 2.11. The molecule has 156 valence electrons. The van der Waals surface area contributed by atoms with Gasteiger partial charge in [-0.05, 0) is 43.7 Å². The summed E-state index contributed by atoms with van der Waals surface area (Å²) in [6.07, 6.45) is 0.717. The van der Waals surface area contributed by atoms with E-state index in [-0.39, 0.29) is 12.3 Å². The molecule has 9 heteroatoms. The fourth-order valence-electron chi connectivity index (χ4n) is 2.61. The van der Waals surface area contributed by atoms with Gasteiger partial charge in [-0.15, -0.1) is 11.3 Å². The summed E-state index contributed by atoms with van der Waals surface area (Å²) >= 11 is 7.20. The Balaban J connectivity index is 1.48. The second kappa shape index (κ2) is 10.6. The van der Waals surface area contributed by atoms with Crippen LogP contribution in [0.3, 0.4) is 0 Å². The minimum atomic E-state index is -0.413. The molecule has 0 saturated carbocycles. The second-order valence-electron chi connectivity index (χ2n) is 6.21. The molecule has 3 amide bonds. The molecule has 3 rings (SSSR count). The molecule has 0 unspecified atom stereocenters. The minimum Gasteiger partial charge on any atom is -0.492 e. The van der Waals surface area contributed by atoms with Crippen LogP contribution in [0.25, 0.3) is 0 Å². The van der Waals surface area contributed by atoms with Gasteiger partial charge in [0.15, 0.2) is 5.13 Å². The number of urea groups is 1. The summed E-state index contributed by atoms with van der Waals surface area (Å²) in [6.45, 7) is 2.41. The maximum Gasteiger partial charge on any atom is 0.325 e. The lowest BCUT2D eigenvalue weighted by Crippen LogP contribution is -2.19. The predicted molar refractivity (Wildman–Crippen MR) is 121 cm³/mol. The molecular weight excluding hydrogens is 424 g/mol. The average molecular weight is 445 g/mol. The molecule has 0 fully saturated rings. The number of aromatic nitrogens is 1. The normalized spacial score (nSPS) is 10.3. The number of rotatable bonds is 8. The van der Waals surface area contributed by atoms with E-state index < -0.39 is 6.03 Å². The molecule has 2 aromatic carbocycles. The number of ether oxygens (including phenoxy) is 1. The largest absolute Gasteiger partial charge is 0.492 e. The first-order valence-electron chi connectivity index (χ1n) is 9.33. The fraction of sp³-hybridized carbons (Fsp3) is 0.190. The topological polar surface area (TPSA) is 92.4 Å². The van der Waals surface area contributed by atoms with Crippen molar-refractivity contribution in [2.75, 3.05) is 22.6 Å². The number of halogens is 1. The second-order valence-corrected chi connectivity index (χ2v) is 7.51. The van der Waals surface area contributed by atoms with E-state index in [2.05, 4.69) is 20.9 Å². The van der Waals surface area contributed by atoms with E-state index in [1.807, 2.05) is 30.5 Å². The van der Waals surface area contributed by atoms with Gasteiger partial charge in [-0.3, -0.25) is 10.1 Å². The minimum absolute atomic E-state index is 0.136. The van der Waals surface area contributed by atoms with Crippen molar-refractivity contribution >= 4 is 51.4 Å². The number of benzene rings is 2. The molecule has 1 heterocycles. The summed E-state index contributed by atoms with van der Waals surface area (Å²) in [5.41, 5.74) is 1.95. The molecule has 0 bridgehead atoms. The highest BCUT2D eigenvalue weighted by molar-refractivity contribution is 7.13. The van der Waals surface area contributed by atoms with Crippen molar-refractivity contribution in [3.63, 3.8) is 0 Å². The lowest BCUT2D eigenvalue weighted by atomic mass is 10.2. The Kier molecular flexibility index (Phi) is 7.64. The van der Waals surface area contributed by atoms with Crippen molar-refractivity contribution in [1.29, 1.82) is 0 Å². The number of aryl methyl sites for hydroxylation is 1. The van der Waals surface area contributed by atoms with Gasteiger partial charge in [0.25, 0.3) is 0 Å². The van der Waals surface area contributed by atoms with Gasteiger partial charge < -0.3 is 15.4 Å². The van der Waals surface area contributed by atoms with Crippen LogP contribution in [-0.4, -0.2) is 23.5 Å². The van der Waals surface area contributed by atoms with Crippen LogP contribution in [0.1, 0.15) is 19.0 Å². The third-order valence-electron chi connectivity index (χ3n) is 3.92. The molecule has 0 aliphatic rings. The van der Waals surface area contributed by atoms with Crippen molar-refractivity contribution in [3.8, 4) is 5.75 Å². The van der Waals surface area contributed by atoms with Gasteiger partial charge in [0.2, 0.25) is 5.91 Å². The Morgan fingerprint density at radius 2 is 1.93 bits per heavy atom. The monoisotopic (exact) mass is 444 g/mol. The van der Waals surface area contributed by atoms with E-state index in [0.29, 0.717) is 40.3 Å². The van der Waals surface area contributed by atoms with Crippen LogP contribution in [0.4, 0.5) is 21.3 Å². The van der Waals surface area contributed by atoms with E-state index in [0.717, 1.165) is 5.69 Å². The highest BCUT2D eigenvalue weighted by Crippen LogP contribution is 2.24. The zero-order chi connectivity index (χ0) is 21.3.